The predicted octanol–water partition coefficient (Wildman–Crippen LogP) is 1.96. The smallest absolute Gasteiger partial charge is 0.147 e. The van der Waals surface area contributed by atoms with E-state index in [4.69, 9.17) is 9.47 Å². The van der Waals surface area contributed by atoms with Gasteiger partial charge in [0.1, 0.15) is 6.79 Å². The monoisotopic (exact) mass is 144 g/mol. The number of ether oxygens (including phenoxy) is 2. The van der Waals surface area contributed by atoms with E-state index in [2.05, 4.69) is 13.5 Å². The maximum Gasteiger partial charge on any atom is 0.147 e. The van der Waals surface area contributed by atoms with Gasteiger partial charge in [-0.2, -0.15) is 0 Å². The lowest BCUT2D eigenvalue weighted by atomic mass is 10.3. The van der Waals surface area contributed by atoms with E-state index in [0.29, 0.717) is 19.5 Å². The van der Waals surface area contributed by atoms with Gasteiger partial charge in [0.05, 0.1) is 12.7 Å². The Hall–Kier alpha value is -0.340. The van der Waals surface area contributed by atoms with Crippen LogP contribution in [0.15, 0.2) is 12.7 Å². The largest absolute Gasteiger partial charge is 0.352 e. The molecule has 0 aromatic carbocycles. The van der Waals surface area contributed by atoms with Crippen LogP contribution in [0, 0.1) is 0 Å². The SMILES string of the molecule is C=CCOCOC(C)CC. The maximum atomic E-state index is 5.22. The standard InChI is InChI=1S/C8H16O2/c1-4-6-9-7-10-8(3)5-2/h4,8H,1,5-7H2,2-3H3. The Labute approximate surface area is 62.8 Å². The average Bonchev–Trinajstić information content (AvgIpc) is 1.98. The van der Waals surface area contributed by atoms with E-state index in [1.165, 1.54) is 0 Å². The quantitative estimate of drug-likeness (QED) is 0.322. The van der Waals surface area contributed by atoms with Gasteiger partial charge >= 0.3 is 0 Å². The minimum Gasteiger partial charge on any atom is -0.352 e. The van der Waals surface area contributed by atoms with Crippen LogP contribution >= 0.6 is 0 Å². The van der Waals surface area contributed by atoms with Crippen molar-refractivity contribution < 1.29 is 9.47 Å². The molecule has 0 heterocycles. The van der Waals surface area contributed by atoms with Gasteiger partial charge in [-0.25, -0.2) is 0 Å². The second-order valence-electron chi connectivity index (χ2n) is 2.16. The Kier molecular flexibility index (Phi) is 6.55. The van der Waals surface area contributed by atoms with Crippen molar-refractivity contribution in [2.24, 2.45) is 0 Å². The van der Waals surface area contributed by atoms with Gasteiger partial charge in [0.25, 0.3) is 0 Å². The second kappa shape index (κ2) is 6.78. The highest BCUT2D eigenvalue weighted by Gasteiger charge is 1.95. The number of hydrogen-bond donors (Lipinski definition) is 0. The van der Waals surface area contributed by atoms with Crippen LogP contribution in [0.3, 0.4) is 0 Å². The van der Waals surface area contributed by atoms with Gasteiger partial charge in [-0.15, -0.1) is 6.58 Å². The fourth-order valence-electron chi connectivity index (χ4n) is 0.414. The van der Waals surface area contributed by atoms with Gasteiger partial charge < -0.3 is 9.47 Å². The molecule has 0 spiro atoms. The van der Waals surface area contributed by atoms with Crippen LogP contribution in [0.5, 0.6) is 0 Å². The average molecular weight is 144 g/mol. The van der Waals surface area contributed by atoms with Crippen LogP contribution in [0.2, 0.25) is 0 Å². The van der Waals surface area contributed by atoms with Crippen molar-refractivity contribution in [1.82, 2.24) is 0 Å². The van der Waals surface area contributed by atoms with E-state index >= 15 is 0 Å². The van der Waals surface area contributed by atoms with Gasteiger partial charge in [0, 0.05) is 0 Å². The molecule has 0 bridgehead atoms. The van der Waals surface area contributed by atoms with Crippen LogP contribution in [0.1, 0.15) is 20.3 Å². The van der Waals surface area contributed by atoms with Gasteiger partial charge in [-0.3, -0.25) is 0 Å². The first kappa shape index (κ1) is 9.66. The summed E-state index contributed by atoms with van der Waals surface area (Å²) in [5.74, 6) is 0. The highest BCUT2D eigenvalue weighted by Crippen LogP contribution is 1.94. The Bertz CT molecular complexity index is 81.3. The molecule has 0 aliphatic rings. The molecular weight excluding hydrogens is 128 g/mol. The number of rotatable bonds is 6. The molecule has 0 aromatic heterocycles. The van der Waals surface area contributed by atoms with Crippen molar-refractivity contribution >= 4 is 0 Å². The third kappa shape index (κ3) is 5.79. The zero-order valence-corrected chi connectivity index (χ0v) is 6.80. The molecule has 2 heteroatoms. The van der Waals surface area contributed by atoms with Crippen molar-refractivity contribution in [2.45, 2.75) is 26.4 Å². The fourth-order valence-corrected chi connectivity index (χ4v) is 0.414. The lowest BCUT2D eigenvalue weighted by Gasteiger charge is -2.09. The van der Waals surface area contributed by atoms with E-state index in [1.54, 1.807) is 6.08 Å². The van der Waals surface area contributed by atoms with Gasteiger partial charge in [0.15, 0.2) is 0 Å². The summed E-state index contributed by atoms with van der Waals surface area (Å²) in [6.45, 7) is 8.57. The Morgan fingerprint density at radius 1 is 1.60 bits per heavy atom. The molecule has 0 aromatic rings. The van der Waals surface area contributed by atoms with Crippen molar-refractivity contribution in [3.8, 4) is 0 Å². The Morgan fingerprint density at radius 3 is 2.80 bits per heavy atom. The summed E-state index contributed by atoms with van der Waals surface area (Å²) < 4.78 is 10.2. The second-order valence-corrected chi connectivity index (χ2v) is 2.16. The van der Waals surface area contributed by atoms with Crippen LogP contribution in [-0.2, 0) is 9.47 Å². The minimum atomic E-state index is 0.296. The molecule has 1 unspecified atom stereocenters. The van der Waals surface area contributed by atoms with E-state index < -0.39 is 0 Å². The lowest BCUT2D eigenvalue weighted by Crippen LogP contribution is -2.09. The first-order chi connectivity index (χ1) is 4.81. The molecule has 0 aliphatic carbocycles. The molecule has 2 nitrogen and oxygen atoms in total. The first-order valence-electron chi connectivity index (χ1n) is 3.61. The predicted molar refractivity (Wildman–Crippen MR) is 41.9 cm³/mol. The third-order valence-corrected chi connectivity index (χ3v) is 1.25. The van der Waals surface area contributed by atoms with Crippen molar-refractivity contribution in [2.75, 3.05) is 13.4 Å². The van der Waals surface area contributed by atoms with Gasteiger partial charge in [-0.1, -0.05) is 13.0 Å². The Balaban J connectivity index is 2.95. The molecule has 0 N–H and O–H groups in total. The summed E-state index contributed by atoms with van der Waals surface area (Å²) in [6.07, 6.45) is 3.03. The summed E-state index contributed by atoms with van der Waals surface area (Å²) in [5.41, 5.74) is 0. The summed E-state index contributed by atoms with van der Waals surface area (Å²) in [5, 5.41) is 0. The molecular formula is C8H16O2. The van der Waals surface area contributed by atoms with Crippen molar-refractivity contribution in [1.29, 1.82) is 0 Å². The zero-order valence-electron chi connectivity index (χ0n) is 6.80. The van der Waals surface area contributed by atoms with Crippen LogP contribution in [0.4, 0.5) is 0 Å². The molecule has 1 atom stereocenters. The normalized spacial score (nSPS) is 13.0. The molecule has 60 valence electrons. The highest BCUT2D eigenvalue weighted by molar-refractivity contribution is 4.62. The molecule has 10 heavy (non-hydrogen) atoms. The van der Waals surface area contributed by atoms with Gasteiger partial charge in [-0.05, 0) is 13.3 Å². The lowest BCUT2D eigenvalue weighted by molar-refractivity contribution is -0.0766. The summed E-state index contributed by atoms with van der Waals surface area (Å²) in [4.78, 5) is 0. The van der Waals surface area contributed by atoms with Crippen molar-refractivity contribution in [3.05, 3.63) is 12.7 Å². The molecule has 0 rings (SSSR count). The highest BCUT2D eigenvalue weighted by atomic mass is 16.7. The van der Waals surface area contributed by atoms with Gasteiger partial charge in [0.2, 0.25) is 0 Å². The third-order valence-electron chi connectivity index (χ3n) is 1.25. The first-order valence-corrected chi connectivity index (χ1v) is 3.61. The fraction of sp³-hybridized carbons (Fsp3) is 0.750. The topological polar surface area (TPSA) is 18.5 Å². The summed E-state index contributed by atoms with van der Waals surface area (Å²) in [6, 6.07) is 0. The zero-order chi connectivity index (χ0) is 7.82. The molecule has 0 fully saturated rings. The molecule has 0 saturated carbocycles. The van der Waals surface area contributed by atoms with E-state index in [9.17, 15) is 0 Å². The van der Waals surface area contributed by atoms with Crippen LogP contribution in [-0.4, -0.2) is 19.5 Å². The van der Waals surface area contributed by atoms with Crippen LogP contribution in [0.25, 0.3) is 0 Å². The van der Waals surface area contributed by atoms with Crippen molar-refractivity contribution in [3.63, 3.8) is 0 Å². The maximum absolute atomic E-state index is 5.22. The molecule has 0 saturated heterocycles. The molecule has 0 amide bonds. The van der Waals surface area contributed by atoms with E-state index in [0.717, 1.165) is 6.42 Å². The number of hydrogen-bond acceptors (Lipinski definition) is 2. The van der Waals surface area contributed by atoms with Crippen LogP contribution < -0.4 is 0 Å². The Morgan fingerprint density at radius 2 is 2.30 bits per heavy atom. The minimum absolute atomic E-state index is 0.296. The van der Waals surface area contributed by atoms with E-state index in [-0.39, 0.29) is 0 Å². The molecule has 0 radical (unpaired) electrons. The van der Waals surface area contributed by atoms with E-state index in [1.807, 2.05) is 6.92 Å². The summed E-state index contributed by atoms with van der Waals surface area (Å²) in [7, 11) is 0. The molecule has 0 aliphatic heterocycles. The summed E-state index contributed by atoms with van der Waals surface area (Å²) >= 11 is 0.